The van der Waals surface area contributed by atoms with Gasteiger partial charge in [-0.25, -0.2) is 0 Å². The molecule has 0 aromatic rings. The molecule has 2 rings (SSSR count). The molecule has 0 radical (unpaired) electrons. The Kier molecular flexibility index (Phi) is 5.40. The maximum atomic E-state index is 12.3. The highest BCUT2D eigenvalue weighted by Crippen LogP contribution is 2.30. The van der Waals surface area contributed by atoms with E-state index in [0.29, 0.717) is 12.8 Å². The first kappa shape index (κ1) is 15.3. The van der Waals surface area contributed by atoms with Crippen LogP contribution in [0.1, 0.15) is 57.8 Å². The standard InChI is InChI=1S/C15H25NO4/c17-13-8-3-1-2-7-12(13)16-14(18)10-5-4-6-11(9-10)15(19)20/h10-13,17H,1-9H2,(H,16,18)(H,19,20). The molecule has 114 valence electrons. The minimum absolute atomic E-state index is 0.0677. The average molecular weight is 283 g/mol. The number of carboxylic acid groups (broad SMARTS) is 1. The maximum absolute atomic E-state index is 12.3. The number of hydrogen-bond donors (Lipinski definition) is 3. The lowest BCUT2D eigenvalue weighted by atomic mass is 9.81. The number of rotatable bonds is 3. The molecule has 1 amide bonds. The van der Waals surface area contributed by atoms with E-state index >= 15 is 0 Å². The molecule has 2 saturated carbocycles. The van der Waals surface area contributed by atoms with E-state index in [1.165, 1.54) is 0 Å². The highest BCUT2D eigenvalue weighted by molar-refractivity contribution is 5.80. The number of carboxylic acids is 1. The Morgan fingerprint density at radius 3 is 2.35 bits per heavy atom. The second-order valence-electron chi connectivity index (χ2n) is 6.22. The zero-order valence-electron chi connectivity index (χ0n) is 11.9. The largest absolute Gasteiger partial charge is 0.481 e. The van der Waals surface area contributed by atoms with Crippen LogP contribution in [0.25, 0.3) is 0 Å². The highest BCUT2D eigenvalue weighted by Gasteiger charge is 2.33. The van der Waals surface area contributed by atoms with Crippen LogP contribution in [0.2, 0.25) is 0 Å². The smallest absolute Gasteiger partial charge is 0.306 e. The molecule has 2 fully saturated rings. The van der Waals surface area contributed by atoms with Crippen molar-refractivity contribution in [3.05, 3.63) is 0 Å². The average Bonchev–Trinajstić information content (AvgIpc) is 2.64. The Morgan fingerprint density at radius 2 is 1.60 bits per heavy atom. The van der Waals surface area contributed by atoms with E-state index in [1.807, 2.05) is 0 Å². The van der Waals surface area contributed by atoms with Crippen molar-refractivity contribution in [1.29, 1.82) is 0 Å². The van der Waals surface area contributed by atoms with Crippen molar-refractivity contribution in [1.82, 2.24) is 5.32 Å². The van der Waals surface area contributed by atoms with Crippen LogP contribution >= 0.6 is 0 Å². The summed E-state index contributed by atoms with van der Waals surface area (Å²) in [6.45, 7) is 0. The fourth-order valence-corrected chi connectivity index (χ4v) is 3.41. The lowest BCUT2D eigenvalue weighted by molar-refractivity contribution is -0.144. The Balaban J connectivity index is 1.88. The summed E-state index contributed by atoms with van der Waals surface area (Å²) >= 11 is 0. The van der Waals surface area contributed by atoms with Gasteiger partial charge in [0.05, 0.1) is 18.1 Å². The third kappa shape index (κ3) is 3.95. The molecule has 0 spiro atoms. The summed E-state index contributed by atoms with van der Waals surface area (Å²) in [7, 11) is 0. The van der Waals surface area contributed by atoms with Gasteiger partial charge in [0.1, 0.15) is 0 Å². The van der Waals surface area contributed by atoms with Crippen LogP contribution < -0.4 is 5.32 Å². The Bertz CT molecular complexity index is 358. The maximum Gasteiger partial charge on any atom is 0.306 e. The fraction of sp³-hybridized carbons (Fsp3) is 0.867. The van der Waals surface area contributed by atoms with Crippen LogP contribution in [0.15, 0.2) is 0 Å². The van der Waals surface area contributed by atoms with Gasteiger partial charge in [0, 0.05) is 5.92 Å². The number of amides is 1. The van der Waals surface area contributed by atoms with E-state index in [1.54, 1.807) is 0 Å². The molecular weight excluding hydrogens is 258 g/mol. The van der Waals surface area contributed by atoms with Gasteiger partial charge in [-0.15, -0.1) is 0 Å². The second kappa shape index (κ2) is 7.07. The molecule has 4 unspecified atom stereocenters. The van der Waals surface area contributed by atoms with Crippen molar-refractivity contribution in [2.45, 2.75) is 69.9 Å². The molecule has 4 atom stereocenters. The molecular formula is C15H25NO4. The molecule has 2 aliphatic rings. The first-order chi connectivity index (χ1) is 9.58. The number of nitrogens with one attached hydrogen (secondary N) is 1. The zero-order valence-corrected chi connectivity index (χ0v) is 11.9. The van der Waals surface area contributed by atoms with Crippen molar-refractivity contribution >= 4 is 11.9 Å². The summed E-state index contributed by atoms with van der Waals surface area (Å²) in [6, 6.07) is -0.157. The van der Waals surface area contributed by atoms with Crippen LogP contribution in [-0.2, 0) is 9.59 Å². The van der Waals surface area contributed by atoms with E-state index in [9.17, 15) is 14.7 Å². The molecule has 0 heterocycles. The normalized spacial score (nSPS) is 35.0. The van der Waals surface area contributed by atoms with Crippen molar-refractivity contribution in [3.63, 3.8) is 0 Å². The van der Waals surface area contributed by atoms with E-state index < -0.39 is 18.0 Å². The molecule has 5 heteroatoms. The van der Waals surface area contributed by atoms with Gasteiger partial charge in [0.25, 0.3) is 0 Å². The number of aliphatic hydroxyl groups excluding tert-OH is 1. The Morgan fingerprint density at radius 1 is 0.900 bits per heavy atom. The molecule has 5 nitrogen and oxygen atoms in total. The SMILES string of the molecule is O=C(O)C1CCCC(C(=O)NC2CCCCCC2O)C1. The van der Waals surface area contributed by atoms with Crippen LogP contribution in [0.4, 0.5) is 0 Å². The number of hydrogen-bond acceptors (Lipinski definition) is 3. The van der Waals surface area contributed by atoms with Crippen LogP contribution in [0, 0.1) is 11.8 Å². The zero-order chi connectivity index (χ0) is 14.5. The predicted molar refractivity (Wildman–Crippen MR) is 74.1 cm³/mol. The predicted octanol–water partition coefficient (Wildman–Crippen LogP) is 1.69. The molecule has 20 heavy (non-hydrogen) atoms. The first-order valence-electron chi connectivity index (χ1n) is 7.79. The Labute approximate surface area is 119 Å². The molecule has 0 saturated heterocycles. The topological polar surface area (TPSA) is 86.6 Å². The number of carbonyl (C=O) groups is 2. The van der Waals surface area contributed by atoms with Crippen molar-refractivity contribution in [2.24, 2.45) is 11.8 Å². The lowest BCUT2D eigenvalue weighted by Crippen LogP contribution is -2.46. The van der Waals surface area contributed by atoms with Gasteiger partial charge in [-0.3, -0.25) is 9.59 Å². The monoisotopic (exact) mass is 283 g/mol. The molecule has 3 N–H and O–H groups in total. The van der Waals surface area contributed by atoms with Crippen LogP contribution in [-0.4, -0.2) is 34.2 Å². The summed E-state index contributed by atoms with van der Waals surface area (Å²) < 4.78 is 0. The number of aliphatic carboxylic acids is 1. The first-order valence-corrected chi connectivity index (χ1v) is 7.79. The number of carbonyl (C=O) groups excluding carboxylic acids is 1. The Hall–Kier alpha value is -1.10. The molecule has 0 bridgehead atoms. The van der Waals surface area contributed by atoms with Crippen molar-refractivity contribution in [3.8, 4) is 0 Å². The molecule has 0 aromatic carbocycles. The third-order valence-electron chi connectivity index (χ3n) is 4.70. The minimum Gasteiger partial charge on any atom is -0.481 e. The van der Waals surface area contributed by atoms with Gasteiger partial charge in [0.15, 0.2) is 0 Å². The summed E-state index contributed by atoms with van der Waals surface area (Å²) in [5.74, 6) is -1.46. The van der Waals surface area contributed by atoms with Gasteiger partial charge in [-0.1, -0.05) is 25.7 Å². The van der Waals surface area contributed by atoms with Gasteiger partial charge >= 0.3 is 5.97 Å². The number of aliphatic hydroxyl groups is 1. The fourth-order valence-electron chi connectivity index (χ4n) is 3.41. The molecule has 0 aliphatic heterocycles. The van der Waals surface area contributed by atoms with E-state index in [2.05, 4.69) is 5.32 Å². The van der Waals surface area contributed by atoms with Gasteiger partial charge in [-0.2, -0.15) is 0 Å². The third-order valence-corrected chi connectivity index (χ3v) is 4.70. The van der Waals surface area contributed by atoms with E-state index in [0.717, 1.165) is 44.9 Å². The lowest BCUT2D eigenvalue weighted by Gasteiger charge is -2.29. The quantitative estimate of drug-likeness (QED) is 0.688. The summed E-state index contributed by atoms with van der Waals surface area (Å²) in [6.07, 6.45) is 6.92. The summed E-state index contributed by atoms with van der Waals surface area (Å²) in [5, 5.41) is 22.1. The minimum atomic E-state index is -0.794. The van der Waals surface area contributed by atoms with E-state index in [4.69, 9.17) is 5.11 Å². The van der Waals surface area contributed by atoms with Gasteiger partial charge < -0.3 is 15.5 Å². The highest BCUT2D eigenvalue weighted by atomic mass is 16.4. The van der Waals surface area contributed by atoms with Gasteiger partial charge in [-0.05, 0) is 32.1 Å². The van der Waals surface area contributed by atoms with Crippen molar-refractivity contribution < 1.29 is 19.8 Å². The molecule has 2 aliphatic carbocycles. The molecule has 0 aromatic heterocycles. The van der Waals surface area contributed by atoms with Gasteiger partial charge in [0.2, 0.25) is 5.91 Å². The summed E-state index contributed by atoms with van der Waals surface area (Å²) in [5.41, 5.74) is 0. The second-order valence-corrected chi connectivity index (χ2v) is 6.22. The summed E-state index contributed by atoms with van der Waals surface area (Å²) in [4.78, 5) is 23.3. The van der Waals surface area contributed by atoms with E-state index in [-0.39, 0.29) is 17.9 Å². The van der Waals surface area contributed by atoms with Crippen LogP contribution in [0.3, 0.4) is 0 Å². The van der Waals surface area contributed by atoms with Crippen LogP contribution in [0.5, 0.6) is 0 Å². The van der Waals surface area contributed by atoms with Crippen molar-refractivity contribution in [2.75, 3.05) is 0 Å².